The van der Waals surface area contributed by atoms with Gasteiger partial charge in [-0.15, -0.1) is 11.8 Å². The normalized spacial score (nSPS) is 18.0. The Morgan fingerprint density at radius 2 is 1.95 bits per heavy atom. The summed E-state index contributed by atoms with van der Waals surface area (Å²) in [5, 5.41) is 2.03. The SMILES string of the molecule is COn1cc(SC2CCN(C)CC2)c2ccccc21. The van der Waals surface area contributed by atoms with Gasteiger partial charge in [0.05, 0.1) is 11.7 Å². The first kappa shape index (κ1) is 12.9. The van der Waals surface area contributed by atoms with Gasteiger partial charge < -0.3 is 9.74 Å². The first-order valence-electron chi connectivity index (χ1n) is 6.77. The molecule has 1 saturated heterocycles. The van der Waals surface area contributed by atoms with E-state index in [4.69, 9.17) is 4.84 Å². The van der Waals surface area contributed by atoms with Crippen LogP contribution in [0, 0.1) is 0 Å². The molecule has 0 N–H and O–H groups in total. The molecular formula is C15H20N2OS. The summed E-state index contributed by atoms with van der Waals surface area (Å²) in [7, 11) is 3.92. The van der Waals surface area contributed by atoms with Crippen molar-refractivity contribution in [3.8, 4) is 0 Å². The summed E-state index contributed by atoms with van der Waals surface area (Å²) in [6.07, 6.45) is 4.66. The lowest BCUT2D eigenvalue weighted by Gasteiger charge is -2.28. The van der Waals surface area contributed by atoms with Gasteiger partial charge in [-0.3, -0.25) is 0 Å². The van der Waals surface area contributed by atoms with Gasteiger partial charge in [-0.1, -0.05) is 18.2 Å². The van der Waals surface area contributed by atoms with E-state index in [1.807, 2.05) is 16.5 Å². The van der Waals surface area contributed by atoms with Crippen LogP contribution in [0.15, 0.2) is 35.4 Å². The fourth-order valence-electron chi connectivity index (χ4n) is 2.65. The number of hydrogen-bond acceptors (Lipinski definition) is 3. The number of fused-ring (bicyclic) bond motifs is 1. The molecule has 1 aromatic carbocycles. The van der Waals surface area contributed by atoms with Crippen molar-refractivity contribution in [1.82, 2.24) is 9.63 Å². The van der Waals surface area contributed by atoms with Crippen molar-refractivity contribution < 1.29 is 4.84 Å². The van der Waals surface area contributed by atoms with Gasteiger partial charge in [-0.05, 0) is 39.0 Å². The lowest BCUT2D eigenvalue weighted by Crippen LogP contribution is -2.31. The van der Waals surface area contributed by atoms with Crippen molar-refractivity contribution in [2.75, 3.05) is 27.2 Å². The maximum absolute atomic E-state index is 5.41. The molecule has 1 aromatic heterocycles. The molecule has 1 aliphatic heterocycles. The Hall–Kier alpha value is -1.13. The summed E-state index contributed by atoms with van der Waals surface area (Å²) < 4.78 is 1.87. The fraction of sp³-hybridized carbons (Fsp3) is 0.467. The van der Waals surface area contributed by atoms with Crippen molar-refractivity contribution in [2.45, 2.75) is 23.0 Å². The Bertz CT molecular complexity index is 558. The molecule has 0 bridgehead atoms. The van der Waals surface area contributed by atoms with E-state index in [0.717, 1.165) is 10.8 Å². The molecule has 1 aliphatic rings. The van der Waals surface area contributed by atoms with E-state index in [2.05, 4.69) is 42.4 Å². The van der Waals surface area contributed by atoms with Crippen molar-refractivity contribution >= 4 is 22.7 Å². The molecule has 0 radical (unpaired) electrons. The van der Waals surface area contributed by atoms with Gasteiger partial charge in [0.2, 0.25) is 0 Å². The molecule has 0 atom stereocenters. The third-order valence-corrected chi connectivity index (χ3v) is 5.18. The topological polar surface area (TPSA) is 17.4 Å². The number of hydrogen-bond donors (Lipinski definition) is 0. The number of likely N-dealkylation sites (tertiary alicyclic amines) is 1. The Labute approximate surface area is 118 Å². The molecule has 0 aliphatic carbocycles. The van der Waals surface area contributed by atoms with Crippen LogP contribution in [0.25, 0.3) is 10.9 Å². The van der Waals surface area contributed by atoms with Crippen molar-refractivity contribution in [3.05, 3.63) is 30.5 Å². The summed E-state index contributed by atoms with van der Waals surface area (Å²) >= 11 is 2.00. The average Bonchev–Trinajstić information content (AvgIpc) is 2.80. The summed E-state index contributed by atoms with van der Waals surface area (Å²) in [4.78, 5) is 9.16. The van der Waals surface area contributed by atoms with Crippen LogP contribution >= 0.6 is 11.8 Å². The van der Waals surface area contributed by atoms with Gasteiger partial charge in [0.25, 0.3) is 0 Å². The molecule has 19 heavy (non-hydrogen) atoms. The van der Waals surface area contributed by atoms with E-state index < -0.39 is 0 Å². The quantitative estimate of drug-likeness (QED) is 0.858. The van der Waals surface area contributed by atoms with Crippen LogP contribution in [0.5, 0.6) is 0 Å². The Kier molecular flexibility index (Phi) is 3.71. The fourth-order valence-corrected chi connectivity index (χ4v) is 3.91. The minimum atomic E-state index is 0.729. The average molecular weight is 276 g/mol. The highest BCUT2D eigenvalue weighted by molar-refractivity contribution is 8.00. The Morgan fingerprint density at radius 3 is 2.68 bits per heavy atom. The lowest BCUT2D eigenvalue weighted by molar-refractivity contribution is 0.178. The maximum Gasteiger partial charge on any atom is 0.104 e. The predicted molar refractivity (Wildman–Crippen MR) is 80.8 cm³/mol. The van der Waals surface area contributed by atoms with Crippen molar-refractivity contribution in [2.24, 2.45) is 0 Å². The predicted octanol–water partition coefficient (Wildman–Crippen LogP) is 2.89. The zero-order valence-electron chi connectivity index (χ0n) is 11.5. The first-order valence-corrected chi connectivity index (χ1v) is 7.65. The summed E-state index contributed by atoms with van der Waals surface area (Å²) in [6.45, 7) is 2.42. The van der Waals surface area contributed by atoms with Gasteiger partial charge in [0.15, 0.2) is 0 Å². The van der Waals surface area contributed by atoms with Gasteiger partial charge >= 0.3 is 0 Å². The lowest BCUT2D eigenvalue weighted by atomic mass is 10.1. The van der Waals surface area contributed by atoms with E-state index in [1.54, 1.807) is 7.11 Å². The summed E-state index contributed by atoms with van der Waals surface area (Å²) in [6, 6.07) is 8.45. The highest BCUT2D eigenvalue weighted by atomic mass is 32.2. The number of aromatic nitrogens is 1. The highest BCUT2D eigenvalue weighted by Crippen LogP contribution is 2.35. The second-order valence-corrected chi connectivity index (χ2v) is 6.48. The van der Waals surface area contributed by atoms with Crippen molar-refractivity contribution in [3.63, 3.8) is 0 Å². The largest absolute Gasteiger partial charge is 0.417 e. The van der Waals surface area contributed by atoms with Crippen LogP contribution in [0.4, 0.5) is 0 Å². The molecule has 3 nitrogen and oxygen atoms in total. The summed E-state index contributed by atoms with van der Waals surface area (Å²) in [5.41, 5.74) is 1.15. The van der Waals surface area contributed by atoms with E-state index >= 15 is 0 Å². The van der Waals surface area contributed by atoms with E-state index in [1.165, 1.54) is 36.2 Å². The monoisotopic (exact) mass is 276 g/mol. The molecule has 0 amide bonds. The number of rotatable bonds is 3. The minimum Gasteiger partial charge on any atom is -0.417 e. The third kappa shape index (κ3) is 2.60. The second-order valence-electron chi connectivity index (χ2n) is 5.14. The first-order chi connectivity index (χ1) is 9.28. The molecule has 0 spiro atoms. The number of thioether (sulfide) groups is 1. The van der Waals surface area contributed by atoms with Crippen LogP contribution in [-0.2, 0) is 0 Å². The molecule has 2 aromatic rings. The number of piperidine rings is 1. The number of nitrogens with zero attached hydrogens (tertiary/aromatic N) is 2. The molecule has 102 valence electrons. The minimum absolute atomic E-state index is 0.729. The van der Waals surface area contributed by atoms with Crippen LogP contribution < -0.4 is 4.84 Å². The van der Waals surface area contributed by atoms with Gasteiger partial charge in [0.1, 0.15) is 7.11 Å². The third-order valence-electron chi connectivity index (χ3n) is 3.80. The van der Waals surface area contributed by atoms with Gasteiger partial charge in [-0.2, -0.15) is 4.73 Å². The van der Waals surface area contributed by atoms with E-state index in [0.29, 0.717) is 0 Å². The van der Waals surface area contributed by atoms with Gasteiger partial charge in [-0.25, -0.2) is 0 Å². The molecule has 0 unspecified atom stereocenters. The standard InChI is InChI=1S/C15H20N2OS/c1-16-9-7-12(8-10-16)19-15-11-17(18-2)14-6-4-3-5-13(14)15/h3-6,11-12H,7-10H2,1-2H3. The zero-order chi connectivity index (χ0) is 13.2. The molecular weight excluding hydrogens is 256 g/mol. The van der Waals surface area contributed by atoms with Crippen LogP contribution in [-0.4, -0.2) is 42.1 Å². The molecule has 3 rings (SSSR count). The Morgan fingerprint density at radius 1 is 1.21 bits per heavy atom. The smallest absolute Gasteiger partial charge is 0.104 e. The number of para-hydroxylation sites is 1. The van der Waals surface area contributed by atoms with Crippen LogP contribution in [0.3, 0.4) is 0 Å². The van der Waals surface area contributed by atoms with Crippen molar-refractivity contribution in [1.29, 1.82) is 0 Å². The highest BCUT2D eigenvalue weighted by Gasteiger charge is 2.19. The van der Waals surface area contributed by atoms with Gasteiger partial charge in [0, 0.05) is 15.5 Å². The summed E-state index contributed by atoms with van der Waals surface area (Å²) in [5.74, 6) is 0. The van der Waals surface area contributed by atoms with E-state index in [-0.39, 0.29) is 0 Å². The molecule has 0 saturated carbocycles. The molecule has 1 fully saturated rings. The maximum atomic E-state index is 5.41. The van der Waals surface area contributed by atoms with Crippen LogP contribution in [0.2, 0.25) is 0 Å². The molecule has 4 heteroatoms. The zero-order valence-corrected chi connectivity index (χ0v) is 12.3. The molecule has 2 heterocycles. The second kappa shape index (κ2) is 5.47. The Balaban J connectivity index is 1.84. The number of benzene rings is 1. The van der Waals surface area contributed by atoms with Crippen LogP contribution in [0.1, 0.15) is 12.8 Å². The van der Waals surface area contributed by atoms with E-state index in [9.17, 15) is 0 Å².